The highest BCUT2D eigenvalue weighted by molar-refractivity contribution is 7.89. The number of imidazole rings is 1. The first kappa shape index (κ1) is 23.1. The number of hydrogen-bond acceptors (Lipinski definition) is 8. The van der Waals surface area contributed by atoms with Crippen molar-refractivity contribution in [2.75, 3.05) is 13.1 Å². The lowest BCUT2D eigenvalue weighted by Gasteiger charge is -2.25. The van der Waals surface area contributed by atoms with Gasteiger partial charge in [-0.2, -0.15) is 4.31 Å². The second kappa shape index (κ2) is 9.55. The number of piperidine rings is 1. The average molecular weight is 496 g/mol. The molecule has 1 aliphatic heterocycles. The minimum atomic E-state index is -3.56. The van der Waals surface area contributed by atoms with Gasteiger partial charge >= 0.3 is 5.97 Å². The monoisotopic (exact) mass is 495 g/mol. The van der Waals surface area contributed by atoms with Gasteiger partial charge < -0.3 is 9.30 Å². The fraction of sp³-hybridized carbons (Fsp3) is 0.348. The van der Waals surface area contributed by atoms with Gasteiger partial charge in [0.1, 0.15) is 18.8 Å². The number of fused-ring (bicyclic) bond motifs is 1. The summed E-state index contributed by atoms with van der Waals surface area (Å²) in [4.78, 5) is 17.4. The third-order valence-corrected chi connectivity index (χ3v) is 8.01. The molecule has 0 bridgehead atoms. The molecule has 35 heavy (non-hydrogen) atoms. The Hall–Kier alpha value is -3.64. The highest BCUT2D eigenvalue weighted by Gasteiger charge is 2.26. The smallest absolute Gasteiger partial charge is 0.338 e. The molecule has 0 N–H and O–H groups in total. The van der Waals surface area contributed by atoms with Gasteiger partial charge in [0, 0.05) is 19.6 Å². The van der Waals surface area contributed by atoms with Gasteiger partial charge in [0.15, 0.2) is 0 Å². The summed E-state index contributed by atoms with van der Waals surface area (Å²) in [6, 6.07) is 11.7. The van der Waals surface area contributed by atoms with Gasteiger partial charge in [-0.15, -0.1) is 5.10 Å². The second-order valence-electron chi connectivity index (χ2n) is 8.26. The number of benzene rings is 2. The van der Waals surface area contributed by atoms with E-state index in [1.807, 2.05) is 11.5 Å². The van der Waals surface area contributed by atoms with Gasteiger partial charge in [-0.3, -0.25) is 0 Å². The van der Waals surface area contributed by atoms with Gasteiger partial charge in [-0.05, 0) is 72.7 Å². The van der Waals surface area contributed by atoms with Crippen LogP contribution in [-0.2, 0) is 27.9 Å². The molecule has 5 rings (SSSR count). The molecule has 3 heterocycles. The number of nitrogens with zero attached hydrogens (tertiary/aromatic N) is 7. The third kappa shape index (κ3) is 4.54. The zero-order chi connectivity index (χ0) is 24.4. The van der Waals surface area contributed by atoms with Crippen molar-refractivity contribution in [1.29, 1.82) is 0 Å². The second-order valence-corrected chi connectivity index (χ2v) is 10.2. The van der Waals surface area contributed by atoms with Crippen LogP contribution in [-0.4, -0.2) is 61.5 Å². The molecular weight excluding hydrogens is 470 g/mol. The minimum absolute atomic E-state index is 0.0374. The number of aryl methyl sites for hydroxylation is 1. The summed E-state index contributed by atoms with van der Waals surface area (Å²) in [5.74, 6) is 0.0602. The lowest BCUT2D eigenvalue weighted by molar-refractivity contribution is 0.0458. The van der Waals surface area contributed by atoms with Crippen molar-refractivity contribution in [2.24, 2.45) is 0 Å². The maximum atomic E-state index is 13.1. The molecule has 182 valence electrons. The normalized spacial score (nSPS) is 14.9. The molecular formula is C23H25N7O4S. The van der Waals surface area contributed by atoms with Crippen molar-refractivity contribution in [2.45, 2.75) is 44.2 Å². The van der Waals surface area contributed by atoms with Crippen molar-refractivity contribution in [3.05, 3.63) is 60.2 Å². The maximum absolute atomic E-state index is 13.1. The van der Waals surface area contributed by atoms with Crippen molar-refractivity contribution in [1.82, 2.24) is 34.1 Å². The first-order chi connectivity index (χ1) is 17.0. The third-order valence-electron chi connectivity index (χ3n) is 6.12. The summed E-state index contributed by atoms with van der Waals surface area (Å²) in [6.07, 6.45) is 4.27. The van der Waals surface area contributed by atoms with Crippen LogP contribution >= 0.6 is 0 Å². The Balaban J connectivity index is 1.34. The van der Waals surface area contributed by atoms with E-state index in [0.29, 0.717) is 36.5 Å². The first-order valence-electron chi connectivity index (χ1n) is 11.5. The highest BCUT2D eigenvalue weighted by atomic mass is 32.2. The van der Waals surface area contributed by atoms with E-state index >= 15 is 0 Å². The predicted molar refractivity (Wildman–Crippen MR) is 126 cm³/mol. The number of rotatable bonds is 7. The zero-order valence-electron chi connectivity index (χ0n) is 19.2. The van der Waals surface area contributed by atoms with E-state index in [-0.39, 0.29) is 11.5 Å². The quantitative estimate of drug-likeness (QED) is 0.358. The van der Waals surface area contributed by atoms with E-state index in [1.54, 1.807) is 46.8 Å². The predicted octanol–water partition coefficient (Wildman–Crippen LogP) is 2.56. The van der Waals surface area contributed by atoms with Crippen LogP contribution in [0.15, 0.2) is 53.7 Å². The molecule has 11 nitrogen and oxygen atoms in total. The van der Waals surface area contributed by atoms with E-state index in [2.05, 4.69) is 20.5 Å². The molecule has 0 unspecified atom stereocenters. The van der Waals surface area contributed by atoms with E-state index in [1.165, 1.54) is 11.0 Å². The summed E-state index contributed by atoms with van der Waals surface area (Å²) >= 11 is 0. The number of sulfonamides is 1. The van der Waals surface area contributed by atoms with Crippen molar-refractivity contribution < 1.29 is 17.9 Å². The number of aromatic nitrogens is 6. The molecule has 0 amide bonds. The summed E-state index contributed by atoms with van der Waals surface area (Å²) in [5.41, 5.74) is 2.45. The zero-order valence-corrected chi connectivity index (χ0v) is 20.1. The topological polar surface area (TPSA) is 125 Å². The molecule has 12 heteroatoms. The first-order valence-corrected chi connectivity index (χ1v) is 12.9. The summed E-state index contributed by atoms with van der Waals surface area (Å²) in [7, 11) is -3.56. The molecule has 0 spiro atoms. The molecule has 1 fully saturated rings. The Morgan fingerprint density at radius 3 is 2.51 bits per heavy atom. The van der Waals surface area contributed by atoms with Crippen molar-refractivity contribution in [3.63, 3.8) is 0 Å². The van der Waals surface area contributed by atoms with Crippen LogP contribution in [0.1, 0.15) is 42.4 Å². The van der Waals surface area contributed by atoms with Gasteiger partial charge in [0.2, 0.25) is 10.0 Å². The van der Waals surface area contributed by atoms with Crippen molar-refractivity contribution >= 4 is 27.0 Å². The van der Waals surface area contributed by atoms with Crippen LogP contribution in [0.4, 0.5) is 0 Å². The molecule has 2 aromatic carbocycles. The molecule has 1 saturated heterocycles. The average Bonchev–Trinajstić information content (AvgIpc) is 3.55. The fourth-order valence-corrected chi connectivity index (χ4v) is 5.82. The highest BCUT2D eigenvalue weighted by Crippen LogP contribution is 2.25. The van der Waals surface area contributed by atoms with Crippen LogP contribution in [0.5, 0.6) is 0 Å². The van der Waals surface area contributed by atoms with E-state index < -0.39 is 16.0 Å². The lowest BCUT2D eigenvalue weighted by Crippen LogP contribution is -2.35. The minimum Gasteiger partial charge on any atom is -0.454 e. The van der Waals surface area contributed by atoms with Crippen LogP contribution in [0.2, 0.25) is 0 Å². The Morgan fingerprint density at radius 1 is 1.06 bits per heavy atom. The molecule has 0 saturated carbocycles. The van der Waals surface area contributed by atoms with E-state index in [4.69, 9.17) is 4.74 Å². The van der Waals surface area contributed by atoms with Crippen LogP contribution in [0.3, 0.4) is 0 Å². The largest absolute Gasteiger partial charge is 0.454 e. The fourth-order valence-electron chi connectivity index (χ4n) is 4.28. The Kier molecular flexibility index (Phi) is 6.31. The molecule has 4 aromatic rings. The number of hydrogen-bond donors (Lipinski definition) is 0. The lowest BCUT2D eigenvalue weighted by atomic mass is 10.2. The van der Waals surface area contributed by atoms with E-state index in [9.17, 15) is 13.2 Å². The molecule has 1 aliphatic rings. The van der Waals surface area contributed by atoms with Crippen molar-refractivity contribution in [3.8, 4) is 5.69 Å². The molecule has 0 atom stereocenters. The Morgan fingerprint density at radius 2 is 1.83 bits per heavy atom. The number of esters is 1. The molecule has 2 aromatic heterocycles. The van der Waals surface area contributed by atoms with Crippen LogP contribution in [0, 0.1) is 0 Å². The number of tetrazole rings is 1. The van der Waals surface area contributed by atoms with Gasteiger partial charge in [-0.1, -0.05) is 6.42 Å². The Bertz CT molecular complexity index is 1440. The summed E-state index contributed by atoms with van der Waals surface area (Å²) < 4.78 is 36.6. The number of ether oxygens (including phenoxy) is 1. The Labute approximate surface area is 202 Å². The summed E-state index contributed by atoms with van der Waals surface area (Å²) in [6.45, 7) is 3.61. The van der Waals surface area contributed by atoms with Gasteiger partial charge in [-0.25, -0.2) is 22.9 Å². The SMILES string of the molecule is CCn1c(COC(=O)c2ccc(-n3cnnn3)cc2)nc2cc(S(=O)(=O)N3CCCCC3)ccc21. The maximum Gasteiger partial charge on any atom is 0.338 e. The number of carbonyl (C=O) groups is 1. The standard InChI is InChI=1S/C23H25N7O4S/c1-2-29-21-11-10-19(35(32,33)28-12-4-3-5-13-28)14-20(21)25-22(29)15-34-23(31)17-6-8-18(9-7-17)30-16-24-26-27-30/h6-11,14,16H,2-5,12-13,15H2,1H3. The molecule has 0 aliphatic carbocycles. The van der Waals surface area contributed by atoms with Gasteiger partial charge in [0.05, 0.1) is 27.2 Å². The molecule has 0 radical (unpaired) electrons. The number of carbonyl (C=O) groups excluding carboxylic acids is 1. The van der Waals surface area contributed by atoms with Crippen LogP contribution < -0.4 is 0 Å². The summed E-state index contributed by atoms with van der Waals surface area (Å²) in [5, 5.41) is 11.0. The van der Waals surface area contributed by atoms with Crippen LogP contribution in [0.25, 0.3) is 16.7 Å². The van der Waals surface area contributed by atoms with Gasteiger partial charge in [0.25, 0.3) is 0 Å². The van der Waals surface area contributed by atoms with E-state index in [0.717, 1.165) is 30.5 Å².